The largest absolute Gasteiger partial charge is 0.385 e. The van der Waals surface area contributed by atoms with E-state index < -0.39 is 6.04 Å². The van der Waals surface area contributed by atoms with Crippen LogP contribution in [0.25, 0.3) is 0 Å². The van der Waals surface area contributed by atoms with Crippen molar-refractivity contribution in [1.29, 1.82) is 0 Å². The Hall–Kier alpha value is -2.41. The van der Waals surface area contributed by atoms with Crippen LogP contribution >= 0.6 is 0 Å². The third-order valence-electron chi connectivity index (χ3n) is 5.72. The molecule has 1 saturated heterocycles. The minimum Gasteiger partial charge on any atom is -0.385 e. The summed E-state index contributed by atoms with van der Waals surface area (Å²) in [5, 5.41) is 5.90. The molecule has 1 aromatic carbocycles. The molecular weight excluding hydrogens is 406 g/mol. The van der Waals surface area contributed by atoms with E-state index in [9.17, 15) is 14.4 Å². The summed E-state index contributed by atoms with van der Waals surface area (Å²) >= 11 is 0. The van der Waals surface area contributed by atoms with Crippen LogP contribution in [0.4, 0.5) is 0 Å². The molecule has 1 aliphatic rings. The van der Waals surface area contributed by atoms with Crippen molar-refractivity contribution < 1.29 is 19.1 Å². The predicted molar refractivity (Wildman–Crippen MR) is 125 cm³/mol. The van der Waals surface area contributed by atoms with Crippen molar-refractivity contribution in [2.75, 3.05) is 33.4 Å². The van der Waals surface area contributed by atoms with Gasteiger partial charge in [-0.3, -0.25) is 14.4 Å². The maximum Gasteiger partial charge on any atom is 0.251 e. The van der Waals surface area contributed by atoms with Gasteiger partial charge in [0.2, 0.25) is 11.8 Å². The quantitative estimate of drug-likeness (QED) is 0.572. The number of amides is 3. The smallest absolute Gasteiger partial charge is 0.251 e. The summed E-state index contributed by atoms with van der Waals surface area (Å²) in [7, 11) is 1.63. The van der Waals surface area contributed by atoms with Crippen LogP contribution < -0.4 is 10.6 Å². The lowest BCUT2D eigenvalue weighted by Crippen LogP contribution is -2.54. The Morgan fingerprint density at radius 3 is 2.47 bits per heavy atom. The van der Waals surface area contributed by atoms with Gasteiger partial charge in [-0.25, -0.2) is 0 Å². The second kappa shape index (κ2) is 12.0. The second-order valence-electron chi connectivity index (χ2n) is 9.91. The number of hydrogen-bond donors (Lipinski definition) is 2. The van der Waals surface area contributed by atoms with E-state index in [1.165, 1.54) is 0 Å². The lowest BCUT2D eigenvalue weighted by molar-refractivity contribution is -0.134. The third kappa shape index (κ3) is 8.26. The molecule has 1 heterocycles. The molecule has 1 atom stereocenters. The van der Waals surface area contributed by atoms with Crippen LogP contribution in [0, 0.1) is 18.3 Å². The van der Waals surface area contributed by atoms with Gasteiger partial charge in [0.25, 0.3) is 5.91 Å². The summed E-state index contributed by atoms with van der Waals surface area (Å²) in [5.41, 5.74) is 1.48. The van der Waals surface area contributed by atoms with Crippen LogP contribution in [0.15, 0.2) is 24.3 Å². The number of ether oxygens (including phenoxy) is 1. The summed E-state index contributed by atoms with van der Waals surface area (Å²) in [6, 6.07) is 6.70. The van der Waals surface area contributed by atoms with Gasteiger partial charge in [-0.15, -0.1) is 0 Å². The molecule has 1 fully saturated rings. The molecule has 0 aliphatic carbocycles. The lowest BCUT2D eigenvalue weighted by Gasteiger charge is -2.36. The van der Waals surface area contributed by atoms with Gasteiger partial charge in [0.15, 0.2) is 0 Å². The molecule has 2 rings (SSSR count). The maximum absolute atomic E-state index is 13.0. The summed E-state index contributed by atoms with van der Waals surface area (Å²) < 4.78 is 5.04. The SMILES string of the molecule is COCCCNC(=O)[C@@H](NC(=O)c1cccc(C)c1)C1CCN(C(=O)CC(C)(C)C)CC1. The van der Waals surface area contributed by atoms with Crippen LogP contribution in [-0.2, 0) is 14.3 Å². The summed E-state index contributed by atoms with van der Waals surface area (Å²) in [6.45, 7) is 10.4. The summed E-state index contributed by atoms with van der Waals surface area (Å²) in [6.07, 6.45) is 2.58. The number of aryl methyl sites for hydroxylation is 1. The number of piperidine rings is 1. The molecule has 7 nitrogen and oxygen atoms in total. The van der Waals surface area contributed by atoms with Gasteiger partial charge < -0.3 is 20.3 Å². The first-order valence-corrected chi connectivity index (χ1v) is 11.5. The Balaban J connectivity index is 2.05. The van der Waals surface area contributed by atoms with Gasteiger partial charge in [-0.2, -0.15) is 0 Å². The number of likely N-dealkylation sites (tertiary alicyclic amines) is 1. The maximum atomic E-state index is 13.0. The zero-order chi connectivity index (χ0) is 23.7. The molecule has 1 aromatic rings. The molecule has 0 radical (unpaired) electrons. The van der Waals surface area contributed by atoms with Gasteiger partial charge in [-0.1, -0.05) is 38.5 Å². The molecule has 32 heavy (non-hydrogen) atoms. The van der Waals surface area contributed by atoms with Gasteiger partial charge in [0, 0.05) is 45.3 Å². The number of methoxy groups -OCH3 is 1. The zero-order valence-corrected chi connectivity index (χ0v) is 20.2. The lowest BCUT2D eigenvalue weighted by atomic mass is 9.87. The molecule has 0 aromatic heterocycles. The van der Waals surface area contributed by atoms with Crippen molar-refractivity contribution in [1.82, 2.24) is 15.5 Å². The van der Waals surface area contributed by atoms with E-state index in [1.807, 2.05) is 30.0 Å². The molecule has 1 aliphatic heterocycles. The van der Waals surface area contributed by atoms with Crippen molar-refractivity contribution in [2.24, 2.45) is 11.3 Å². The van der Waals surface area contributed by atoms with Crippen LogP contribution in [0.1, 0.15) is 62.4 Å². The average Bonchev–Trinajstić information content (AvgIpc) is 2.73. The highest BCUT2D eigenvalue weighted by Gasteiger charge is 2.34. The highest BCUT2D eigenvalue weighted by Crippen LogP contribution is 2.25. The molecule has 0 unspecified atom stereocenters. The van der Waals surface area contributed by atoms with Crippen LogP contribution in [0.5, 0.6) is 0 Å². The van der Waals surface area contributed by atoms with Gasteiger partial charge in [-0.05, 0) is 49.7 Å². The van der Waals surface area contributed by atoms with Crippen molar-refractivity contribution >= 4 is 17.7 Å². The number of nitrogens with one attached hydrogen (secondary N) is 2. The zero-order valence-electron chi connectivity index (χ0n) is 20.2. The first-order chi connectivity index (χ1) is 15.1. The Bertz CT molecular complexity index is 780. The molecule has 7 heteroatoms. The Kier molecular flexibility index (Phi) is 9.69. The van der Waals surface area contributed by atoms with Crippen LogP contribution in [0.3, 0.4) is 0 Å². The summed E-state index contributed by atoms with van der Waals surface area (Å²) in [5.74, 6) is -0.302. The van der Waals surface area contributed by atoms with Gasteiger partial charge in [0.1, 0.15) is 6.04 Å². The molecule has 3 amide bonds. The highest BCUT2D eigenvalue weighted by molar-refractivity contribution is 5.97. The first-order valence-electron chi connectivity index (χ1n) is 11.5. The fourth-order valence-corrected chi connectivity index (χ4v) is 3.99. The van der Waals surface area contributed by atoms with E-state index in [1.54, 1.807) is 13.2 Å². The van der Waals surface area contributed by atoms with Crippen molar-refractivity contribution in [3.63, 3.8) is 0 Å². The number of nitrogens with zero attached hydrogens (tertiary/aromatic N) is 1. The Labute approximate surface area is 192 Å². The monoisotopic (exact) mass is 445 g/mol. The topological polar surface area (TPSA) is 87.7 Å². The number of carbonyl (C=O) groups is 3. The predicted octanol–water partition coefficient (Wildman–Crippen LogP) is 2.92. The second-order valence-corrected chi connectivity index (χ2v) is 9.91. The third-order valence-corrected chi connectivity index (χ3v) is 5.72. The number of carbonyl (C=O) groups excluding carboxylic acids is 3. The van der Waals surface area contributed by atoms with Crippen molar-refractivity contribution in [3.05, 3.63) is 35.4 Å². The molecule has 178 valence electrons. The van der Waals surface area contributed by atoms with Crippen LogP contribution in [-0.4, -0.2) is 62.0 Å². The molecular formula is C25H39N3O4. The highest BCUT2D eigenvalue weighted by atomic mass is 16.5. The van der Waals surface area contributed by atoms with Crippen molar-refractivity contribution in [3.8, 4) is 0 Å². The Morgan fingerprint density at radius 1 is 1.19 bits per heavy atom. The van der Waals surface area contributed by atoms with Gasteiger partial charge in [0.05, 0.1) is 0 Å². The molecule has 0 spiro atoms. The number of benzene rings is 1. The Morgan fingerprint density at radius 2 is 1.88 bits per heavy atom. The average molecular weight is 446 g/mol. The molecule has 2 N–H and O–H groups in total. The first kappa shape index (κ1) is 25.8. The van der Waals surface area contributed by atoms with E-state index in [0.29, 0.717) is 57.5 Å². The van der Waals surface area contributed by atoms with Crippen molar-refractivity contribution in [2.45, 2.75) is 59.4 Å². The van der Waals surface area contributed by atoms with Gasteiger partial charge >= 0.3 is 0 Å². The normalized spacial score (nSPS) is 15.8. The van der Waals surface area contributed by atoms with E-state index >= 15 is 0 Å². The van der Waals surface area contributed by atoms with E-state index in [0.717, 1.165) is 5.56 Å². The molecule has 0 saturated carbocycles. The fraction of sp³-hybridized carbons (Fsp3) is 0.640. The standard InChI is InChI=1S/C25H39N3O4/c1-18-8-6-9-20(16-18)23(30)27-22(24(31)26-12-7-15-32-5)19-10-13-28(14-11-19)21(29)17-25(2,3)4/h6,8-9,16,19,22H,7,10-15,17H2,1-5H3,(H,26,31)(H,27,30)/t22-/m0/s1. The van der Waals surface area contributed by atoms with E-state index in [-0.39, 0.29) is 29.1 Å². The van der Waals surface area contributed by atoms with E-state index in [4.69, 9.17) is 4.74 Å². The summed E-state index contributed by atoms with van der Waals surface area (Å²) in [4.78, 5) is 40.4. The minimum absolute atomic E-state index is 0.0233. The number of rotatable bonds is 9. The minimum atomic E-state index is -0.634. The van der Waals surface area contributed by atoms with Crippen LogP contribution in [0.2, 0.25) is 0 Å². The van der Waals surface area contributed by atoms with E-state index in [2.05, 4.69) is 31.4 Å². The molecule has 0 bridgehead atoms. The number of hydrogen-bond acceptors (Lipinski definition) is 4. The fourth-order valence-electron chi connectivity index (χ4n) is 3.99.